The van der Waals surface area contributed by atoms with E-state index in [-0.39, 0.29) is 11.6 Å². The second kappa shape index (κ2) is 5.55. The monoisotopic (exact) mass is 295 g/mol. The van der Waals surface area contributed by atoms with E-state index in [1.165, 1.54) is 0 Å². The zero-order valence-corrected chi connectivity index (χ0v) is 12.7. The maximum absolute atomic E-state index is 12.1. The molecule has 0 aliphatic heterocycles. The van der Waals surface area contributed by atoms with Crippen molar-refractivity contribution in [1.29, 1.82) is 0 Å². The van der Waals surface area contributed by atoms with Crippen molar-refractivity contribution in [3.63, 3.8) is 0 Å². The molecule has 0 aliphatic rings. The number of H-pyrrole nitrogens is 1. The van der Waals surface area contributed by atoms with E-state index in [4.69, 9.17) is 0 Å². The number of fused-ring (bicyclic) bond motifs is 1. The highest BCUT2D eigenvalue weighted by Crippen LogP contribution is 2.13. The molecular formula is C16H17N5O. The van der Waals surface area contributed by atoms with Crippen LogP contribution in [0.1, 0.15) is 37.0 Å². The van der Waals surface area contributed by atoms with E-state index >= 15 is 0 Å². The maximum Gasteiger partial charge on any atom is 0.262 e. The number of aromatic amines is 1. The lowest BCUT2D eigenvalue weighted by Crippen LogP contribution is -2.11. The minimum absolute atomic E-state index is 0.143. The number of aryl methyl sites for hydroxylation is 1. The van der Waals surface area contributed by atoms with Gasteiger partial charge in [0.05, 0.1) is 6.20 Å². The van der Waals surface area contributed by atoms with Gasteiger partial charge in [-0.05, 0) is 44.6 Å². The van der Waals surface area contributed by atoms with Crippen LogP contribution in [0.4, 0.5) is 0 Å². The fraction of sp³-hybridized carbons (Fsp3) is 0.250. The van der Waals surface area contributed by atoms with Crippen molar-refractivity contribution in [2.45, 2.75) is 26.8 Å². The Bertz CT molecular complexity index is 904. The molecule has 3 aromatic rings. The molecule has 3 rings (SSSR count). The molecule has 112 valence electrons. The van der Waals surface area contributed by atoms with Crippen LogP contribution in [0.5, 0.6) is 0 Å². The largest absolute Gasteiger partial charge is 0.306 e. The Hall–Kier alpha value is -2.76. The van der Waals surface area contributed by atoms with E-state index in [1.807, 2.05) is 39.0 Å². The molecule has 0 saturated carbocycles. The number of hydrogen-bond acceptors (Lipinski definition) is 4. The molecule has 22 heavy (non-hydrogen) atoms. The predicted molar refractivity (Wildman–Crippen MR) is 86.4 cm³/mol. The number of hydrogen-bond donors (Lipinski definition) is 1. The molecule has 3 aromatic heterocycles. The van der Waals surface area contributed by atoms with Crippen LogP contribution in [-0.4, -0.2) is 24.7 Å². The van der Waals surface area contributed by atoms with Crippen molar-refractivity contribution >= 4 is 23.2 Å². The van der Waals surface area contributed by atoms with Crippen LogP contribution in [0.3, 0.4) is 0 Å². The maximum atomic E-state index is 12.1. The molecule has 0 unspecified atom stereocenters. The van der Waals surface area contributed by atoms with Crippen molar-refractivity contribution in [2.75, 3.05) is 0 Å². The van der Waals surface area contributed by atoms with Gasteiger partial charge in [-0.1, -0.05) is 6.07 Å². The summed E-state index contributed by atoms with van der Waals surface area (Å²) in [6.07, 6.45) is 6.98. The van der Waals surface area contributed by atoms with Gasteiger partial charge in [-0.25, -0.2) is 9.67 Å². The third kappa shape index (κ3) is 2.55. The highest BCUT2D eigenvalue weighted by molar-refractivity contribution is 5.76. The van der Waals surface area contributed by atoms with E-state index in [0.29, 0.717) is 16.9 Å². The van der Waals surface area contributed by atoms with Crippen LogP contribution in [-0.2, 0) is 0 Å². The standard InChI is InChI=1S/C16H17N5O/c1-10(2)21-15-13(9-18-21)16(22)20-14(19-15)7-6-12-5-4-8-17-11(12)3/h4-10H,1-3H3,(H,19,20,22). The van der Waals surface area contributed by atoms with Crippen molar-refractivity contribution in [3.05, 3.63) is 52.0 Å². The van der Waals surface area contributed by atoms with Gasteiger partial charge in [0.2, 0.25) is 0 Å². The number of rotatable bonds is 3. The first-order valence-electron chi connectivity index (χ1n) is 7.13. The third-order valence-corrected chi connectivity index (χ3v) is 3.44. The summed E-state index contributed by atoms with van der Waals surface area (Å²) in [4.78, 5) is 23.6. The van der Waals surface area contributed by atoms with Gasteiger partial charge in [-0.3, -0.25) is 9.78 Å². The fourth-order valence-corrected chi connectivity index (χ4v) is 2.25. The predicted octanol–water partition coefficient (Wildman–Crippen LogP) is 2.57. The summed E-state index contributed by atoms with van der Waals surface area (Å²) in [5.74, 6) is 0.503. The number of nitrogens with one attached hydrogen (secondary N) is 1. The first-order chi connectivity index (χ1) is 10.6. The first kappa shape index (κ1) is 14.2. The van der Waals surface area contributed by atoms with Gasteiger partial charge in [-0.2, -0.15) is 5.10 Å². The zero-order chi connectivity index (χ0) is 15.7. The van der Waals surface area contributed by atoms with Gasteiger partial charge in [-0.15, -0.1) is 0 Å². The zero-order valence-electron chi connectivity index (χ0n) is 12.7. The summed E-state index contributed by atoms with van der Waals surface area (Å²) in [5.41, 5.74) is 2.33. The van der Waals surface area contributed by atoms with E-state index in [1.54, 1.807) is 23.2 Å². The lowest BCUT2D eigenvalue weighted by atomic mass is 10.2. The van der Waals surface area contributed by atoms with Gasteiger partial charge >= 0.3 is 0 Å². The Balaban J connectivity index is 2.06. The van der Waals surface area contributed by atoms with E-state index in [2.05, 4.69) is 20.1 Å². The molecule has 0 aliphatic carbocycles. The van der Waals surface area contributed by atoms with Crippen molar-refractivity contribution < 1.29 is 0 Å². The Morgan fingerprint density at radius 3 is 2.86 bits per heavy atom. The van der Waals surface area contributed by atoms with Crippen molar-refractivity contribution in [1.82, 2.24) is 24.7 Å². The molecule has 0 amide bonds. The quantitative estimate of drug-likeness (QED) is 0.805. The summed E-state index contributed by atoms with van der Waals surface area (Å²) in [7, 11) is 0. The van der Waals surface area contributed by atoms with E-state index in [9.17, 15) is 4.79 Å². The topological polar surface area (TPSA) is 76.5 Å². The number of aromatic nitrogens is 5. The van der Waals surface area contributed by atoms with Crippen LogP contribution >= 0.6 is 0 Å². The van der Waals surface area contributed by atoms with Crippen LogP contribution in [0, 0.1) is 6.92 Å². The van der Waals surface area contributed by atoms with Gasteiger partial charge in [0.25, 0.3) is 5.56 Å². The van der Waals surface area contributed by atoms with Crippen LogP contribution in [0.2, 0.25) is 0 Å². The molecule has 0 radical (unpaired) electrons. The molecule has 0 saturated heterocycles. The third-order valence-electron chi connectivity index (χ3n) is 3.44. The van der Waals surface area contributed by atoms with Gasteiger partial charge in [0.1, 0.15) is 11.2 Å². The fourth-order valence-electron chi connectivity index (χ4n) is 2.25. The van der Waals surface area contributed by atoms with Gasteiger partial charge in [0.15, 0.2) is 5.65 Å². The molecule has 1 N–H and O–H groups in total. The Labute approximate surface area is 127 Å². The van der Waals surface area contributed by atoms with Crippen molar-refractivity contribution in [2.24, 2.45) is 0 Å². The number of pyridine rings is 1. The molecular weight excluding hydrogens is 278 g/mol. The van der Waals surface area contributed by atoms with E-state index in [0.717, 1.165) is 11.3 Å². The minimum atomic E-state index is -0.181. The van der Waals surface area contributed by atoms with Crippen LogP contribution in [0.15, 0.2) is 29.3 Å². The summed E-state index contributed by atoms with van der Waals surface area (Å²) in [5, 5.41) is 4.73. The Morgan fingerprint density at radius 1 is 1.32 bits per heavy atom. The second-order valence-corrected chi connectivity index (χ2v) is 5.38. The van der Waals surface area contributed by atoms with Gasteiger partial charge in [0, 0.05) is 17.9 Å². The average Bonchev–Trinajstić information content (AvgIpc) is 2.91. The SMILES string of the molecule is Cc1ncccc1C=Cc1nc2c(cnn2C(C)C)c(=O)[nH]1. The number of nitrogens with zero attached hydrogens (tertiary/aromatic N) is 4. The summed E-state index contributed by atoms with van der Waals surface area (Å²) in [6.45, 7) is 5.94. The summed E-state index contributed by atoms with van der Waals surface area (Å²) in [6, 6.07) is 3.98. The van der Waals surface area contributed by atoms with Crippen LogP contribution < -0.4 is 5.56 Å². The molecule has 0 fully saturated rings. The highest BCUT2D eigenvalue weighted by atomic mass is 16.1. The molecule has 0 atom stereocenters. The lowest BCUT2D eigenvalue weighted by Gasteiger charge is -2.06. The normalized spacial score (nSPS) is 11.8. The van der Waals surface area contributed by atoms with E-state index < -0.39 is 0 Å². The average molecular weight is 295 g/mol. The Kier molecular flexibility index (Phi) is 3.58. The van der Waals surface area contributed by atoms with Gasteiger partial charge < -0.3 is 4.98 Å². The lowest BCUT2D eigenvalue weighted by molar-refractivity contribution is 0.546. The minimum Gasteiger partial charge on any atom is -0.306 e. The molecule has 6 nitrogen and oxygen atoms in total. The first-order valence-corrected chi connectivity index (χ1v) is 7.13. The van der Waals surface area contributed by atoms with Crippen molar-refractivity contribution in [3.8, 4) is 0 Å². The molecule has 3 heterocycles. The second-order valence-electron chi connectivity index (χ2n) is 5.38. The molecule has 0 spiro atoms. The smallest absolute Gasteiger partial charge is 0.262 e. The van der Waals surface area contributed by atoms with Crippen LogP contribution in [0.25, 0.3) is 23.2 Å². The summed E-state index contributed by atoms with van der Waals surface area (Å²) < 4.78 is 1.75. The molecule has 0 aromatic carbocycles. The molecule has 0 bridgehead atoms. The molecule has 6 heteroatoms. The Morgan fingerprint density at radius 2 is 2.14 bits per heavy atom. The summed E-state index contributed by atoms with van der Waals surface area (Å²) >= 11 is 0. The highest BCUT2D eigenvalue weighted by Gasteiger charge is 2.11.